The molecule has 0 saturated carbocycles. The van der Waals surface area contributed by atoms with Crippen LogP contribution in [-0.2, 0) is 0 Å². The fourth-order valence-corrected chi connectivity index (χ4v) is 1.19. The molecule has 0 atom stereocenters. The van der Waals surface area contributed by atoms with Gasteiger partial charge in [0.1, 0.15) is 0 Å². The molecular weight excluding hydrogens is 192 g/mol. The average molecular weight is 210 g/mol. The van der Waals surface area contributed by atoms with Crippen LogP contribution in [0, 0.1) is 0 Å². The highest BCUT2D eigenvalue weighted by Crippen LogP contribution is 2.07. The molecule has 0 aromatic carbocycles. The molecule has 1 aromatic heterocycles. The van der Waals surface area contributed by atoms with Crippen LogP contribution in [0.3, 0.4) is 0 Å². The summed E-state index contributed by atoms with van der Waals surface area (Å²) in [6.45, 7) is 1.63. The number of nitrogens with zero attached hydrogens (tertiary/aromatic N) is 2. The van der Waals surface area contributed by atoms with E-state index in [9.17, 15) is 0 Å². The maximum atomic E-state index is 5.40. The SMILES string of the molecule is COc1ccnc(NCCCCCN)n1. The van der Waals surface area contributed by atoms with E-state index in [1.165, 1.54) is 0 Å². The third-order valence-electron chi connectivity index (χ3n) is 2.00. The van der Waals surface area contributed by atoms with Gasteiger partial charge in [0, 0.05) is 18.8 Å². The van der Waals surface area contributed by atoms with Crippen LogP contribution in [-0.4, -0.2) is 30.2 Å². The number of nitrogens with two attached hydrogens (primary N) is 1. The second-order valence-electron chi connectivity index (χ2n) is 3.20. The lowest BCUT2D eigenvalue weighted by Crippen LogP contribution is -2.06. The van der Waals surface area contributed by atoms with Gasteiger partial charge in [0.25, 0.3) is 0 Å². The molecule has 0 saturated heterocycles. The largest absolute Gasteiger partial charge is 0.481 e. The van der Waals surface area contributed by atoms with Gasteiger partial charge < -0.3 is 15.8 Å². The number of hydrogen-bond acceptors (Lipinski definition) is 5. The van der Waals surface area contributed by atoms with Crippen molar-refractivity contribution in [2.45, 2.75) is 19.3 Å². The van der Waals surface area contributed by atoms with Crippen molar-refractivity contribution in [3.05, 3.63) is 12.3 Å². The van der Waals surface area contributed by atoms with Gasteiger partial charge in [-0.25, -0.2) is 4.98 Å². The molecule has 5 heteroatoms. The molecule has 0 spiro atoms. The summed E-state index contributed by atoms with van der Waals surface area (Å²) in [4.78, 5) is 8.22. The van der Waals surface area contributed by atoms with E-state index < -0.39 is 0 Å². The molecule has 0 unspecified atom stereocenters. The molecule has 0 aliphatic heterocycles. The van der Waals surface area contributed by atoms with Crippen molar-refractivity contribution in [3.63, 3.8) is 0 Å². The standard InChI is InChI=1S/C10H18N4O/c1-15-9-5-8-13-10(14-9)12-7-4-2-3-6-11/h5,8H,2-4,6-7,11H2,1H3,(H,12,13,14). The van der Waals surface area contributed by atoms with Crippen molar-refractivity contribution in [3.8, 4) is 5.88 Å². The van der Waals surface area contributed by atoms with Gasteiger partial charge in [-0.1, -0.05) is 6.42 Å². The van der Waals surface area contributed by atoms with E-state index in [0.29, 0.717) is 11.8 Å². The first-order valence-corrected chi connectivity index (χ1v) is 5.18. The first kappa shape index (κ1) is 11.7. The lowest BCUT2D eigenvalue weighted by atomic mass is 10.2. The van der Waals surface area contributed by atoms with Crippen molar-refractivity contribution >= 4 is 5.95 Å². The third kappa shape index (κ3) is 4.60. The van der Waals surface area contributed by atoms with Crippen LogP contribution in [0.25, 0.3) is 0 Å². The molecule has 0 aliphatic rings. The smallest absolute Gasteiger partial charge is 0.225 e. The maximum Gasteiger partial charge on any atom is 0.225 e. The first-order valence-electron chi connectivity index (χ1n) is 5.18. The highest BCUT2D eigenvalue weighted by Gasteiger charge is 1.97. The van der Waals surface area contributed by atoms with Gasteiger partial charge in [0.05, 0.1) is 7.11 Å². The number of anilines is 1. The lowest BCUT2D eigenvalue weighted by Gasteiger charge is -2.05. The van der Waals surface area contributed by atoms with E-state index in [1.54, 1.807) is 19.4 Å². The summed E-state index contributed by atoms with van der Waals surface area (Å²) in [5, 5.41) is 3.14. The second-order valence-corrected chi connectivity index (χ2v) is 3.20. The quantitative estimate of drug-likeness (QED) is 0.657. The van der Waals surface area contributed by atoms with Crippen LogP contribution in [0.1, 0.15) is 19.3 Å². The highest BCUT2D eigenvalue weighted by molar-refractivity contribution is 5.26. The fraction of sp³-hybridized carbons (Fsp3) is 0.600. The van der Waals surface area contributed by atoms with Gasteiger partial charge in [-0.15, -0.1) is 0 Å². The predicted octanol–water partition coefficient (Wildman–Crippen LogP) is 1.03. The molecule has 84 valence electrons. The Hall–Kier alpha value is -1.36. The van der Waals surface area contributed by atoms with E-state index in [-0.39, 0.29) is 0 Å². The summed E-state index contributed by atoms with van der Waals surface area (Å²) in [6.07, 6.45) is 4.96. The number of ether oxygens (including phenoxy) is 1. The Labute approximate surface area is 90.1 Å². The number of aromatic nitrogens is 2. The monoisotopic (exact) mass is 210 g/mol. The summed E-state index contributed by atoms with van der Waals surface area (Å²) in [5.41, 5.74) is 5.40. The van der Waals surface area contributed by atoms with Crippen LogP contribution in [0.2, 0.25) is 0 Å². The summed E-state index contributed by atoms with van der Waals surface area (Å²) >= 11 is 0. The van der Waals surface area contributed by atoms with E-state index in [4.69, 9.17) is 10.5 Å². The Morgan fingerprint density at radius 1 is 1.40 bits per heavy atom. The van der Waals surface area contributed by atoms with E-state index in [0.717, 1.165) is 32.4 Å². The number of methoxy groups -OCH3 is 1. The van der Waals surface area contributed by atoms with Gasteiger partial charge >= 0.3 is 0 Å². The Balaban J connectivity index is 2.24. The first-order chi connectivity index (χ1) is 7.36. The zero-order valence-electron chi connectivity index (χ0n) is 9.07. The third-order valence-corrected chi connectivity index (χ3v) is 2.00. The van der Waals surface area contributed by atoms with Gasteiger partial charge in [0.15, 0.2) is 0 Å². The Morgan fingerprint density at radius 2 is 2.27 bits per heavy atom. The molecule has 0 radical (unpaired) electrons. The molecule has 5 nitrogen and oxygen atoms in total. The molecule has 0 bridgehead atoms. The molecule has 0 aliphatic carbocycles. The van der Waals surface area contributed by atoms with Crippen molar-refractivity contribution in [2.75, 3.05) is 25.5 Å². The summed E-state index contributed by atoms with van der Waals surface area (Å²) in [6, 6.07) is 1.72. The zero-order valence-corrected chi connectivity index (χ0v) is 9.07. The normalized spacial score (nSPS) is 10.0. The molecular formula is C10H18N4O. The summed E-state index contributed by atoms with van der Waals surface area (Å²) < 4.78 is 4.99. The van der Waals surface area contributed by atoms with Gasteiger partial charge in [-0.3, -0.25) is 0 Å². The predicted molar refractivity (Wildman–Crippen MR) is 60.0 cm³/mol. The van der Waals surface area contributed by atoms with Crippen LogP contribution >= 0.6 is 0 Å². The Morgan fingerprint density at radius 3 is 3.00 bits per heavy atom. The molecule has 0 fully saturated rings. The second kappa shape index (κ2) is 7.00. The summed E-state index contributed by atoms with van der Waals surface area (Å²) in [7, 11) is 1.59. The van der Waals surface area contributed by atoms with Crippen molar-refractivity contribution in [1.82, 2.24) is 9.97 Å². The molecule has 15 heavy (non-hydrogen) atoms. The average Bonchev–Trinajstić information content (AvgIpc) is 2.29. The van der Waals surface area contributed by atoms with E-state index in [2.05, 4.69) is 15.3 Å². The zero-order chi connectivity index (χ0) is 10.9. The van der Waals surface area contributed by atoms with Crippen LogP contribution in [0.5, 0.6) is 5.88 Å². The molecule has 1 heterocycles. The van der Waals surface area contributed by atoms with Crippen LogP contribution in [0.15, 0.2) is 12.3 Å². The Bertz CT molecular complexity index is 280. The van der Waals surface area contributed by atoms with Gasteiger partial charge in [0.2, 0.25) is 11.8 Å². The van der Waals surface area contributed by atoms with E-state index >= 15 is 0 Å². The number of rotatable bonds is 7. The Kier molecular flexibility index (Phi) is 5.47. The lowest BCUT2D eigenvalue weighted by molar-refractivity contribution is 0.397. The van der Waals surface area contributed by atoms with Crippen molar-refractivity contribution in [1.29, 1.82) is 0 Å². The molecule has 3 N–H and O–H groups in total. The van der Waals surface area contributed by atoms with Crippen molar-refractivity contribution in [2.24, 2.45) is 5.73 Å². The number of nitrogens with one attached hydrogen (secondary N) is 1. The van der Waals surface area contributed by atoms with Crippen LogP contribution in [0.4, 0.5) is 5.95 Å². The molecule has 0 amide bonds. The topological polar surface area (TPSA) is 73.1 Å². The summed E-state index contributed by atoms with van der Waals surface area (Å²) in [5.74, 6) is 1.19. The number of unbranched alkanes of at least 4 members (excludes halogenated alkanes) is 2. The van der Waals surface area contributed by atoms with Gasteiger partial charge in [-0.2, -0.15) is 4.98 Å². The minimum absolute atomic E-state index is 0.578. The maximum absolute atomic E-state index is 5.40. The fourth-order valence-electron chi connectivity index (χ4n) is 1.19. The molecule has 1 aromatic rings. The number of hydrogen-bond donors (Lipinski definition) is 2. The minimum Gasteiger partial charge on any atom is -0.481 e. The highest BCUT2D eigenvalue weighted by atomic mass is 16.5. The molecule has 1 rings (SSSR count). The van der Waals surface area contributed by atoms with E-state index in [1.807, 2.05) is 0 Å². The minimum atomic E-state index is 0.578. The van der Waals surface area contributed by atoms with Gasteiger partial charge in [-0.05, 0) is 19.4 Å². The van der Waals surface area contributed by atoms with Crippen LogP contribution < -0.4 is 15.8 Å². The van der Waals surface area contributed by atoms with Crippen molar-refractivity contribution < 1.29 is 4.74 Å².